The number of Topliss-reactive ketones (excluding diaryl/α,β-unsaturated/α-hetero) is 1. The summed E-state index contributed by atoms with van der Waals surface area (Å²) < 4.78 is 14.5. The number of nitrogens with zero attached hydrogens (tertiary/aromatic N) is 2. The molecule has 1 atom stereocenters. The first-order valence-corrected chi connectivity index (χ1v) is 7.33. The number of rotatable bonds is 2. The first-order valence-electron chi connectivity index (χ1n) is 7.33. The summed E-state index contributed by atoms with van der Waals surface area (Å²) >= 11 is 0. The molecule has 0 saturated carbocycles. The van der Waals surface area contributed by atoms with E-state index in [1.165, 1.54) is 30.3 Å². The highest BCUT2D eigenvalue weighted by molar-refractivity contribution is 6.11. The van der Waals surface area contributed by atoms with Gasteiger partial charge in [0, 0.05) is 36.1 Å². The molecule has 0 N–H and O–H groups in total. The number of halogens is 1. The number of hydrogen-bond acceptors (Lipinski definition) is 4. The van der Waals surface area contributed by atoms with Crippen LogP contribution in [0.1, 0.15) is 33.6 Å². The second kappa shape index (κ2) is 6.19. The van der Waals surface area contributed by atoms with Crippen LogP contribution in [-0.2, 0) is 0 Å². The molecule has 0 spiro atoms. The van der Waals surface area contributed by atoms with Gasteiger partial charge in [0.15, 0.2) is 12.1 Å². The number of benzene rings is 2. The van der Waals surface area contributed by atoms with E-state index in [1.54, 1.807) is 18.2 Å². The molecule has 0 aromatic heterocycles. The molecule has 0 aliphatic carbocycles. The maximum Gasteiger partial charge on any atom is 0.269 e. The number of hydrogen-bond donors (Lipinski definition) is 0. The SMILES string of the molecule is O=C1CCC(F)N(C(=O)c2ccc([N+](=O)[O-])cc2)c2ccccc21. The Morgan fingerprint density at radius 3 is 2.50 bits per heavy atom. The number of nitro groups is 1. The topological polar surface area (TPSA) is 80.5 Å². The maximum absolute atomic E-state index is 14.5. The fourth-order valence-corrected chi connectivity index (χ4v) is 2.69. The summed E-state index contributed by atoms with van der Waals surface area (Å²) in [6.45, 7) is 0. The lowest BCUT2D eigenvalue weighted by Gasteiger charge is -2.25. The van der Waals surface area contributed by atoms with Crippen LogP contribution in [0.4, 0.5) is 15.8 Å². The minimum atomic E-state index is -1.64. The normalized spacial score (nSPS) is 17.1. The van der Waals surface area contributed by atoms with Crippen LogP contribution in [0.2, 0.25) is 0 Å². The van der Waals surface area contributed by atoms with E-state index in [0.717, 1.165) is 4.90 Å². The summed E-state index contributed by atoms with van der Waals surface area (Å²) in [6.07, 6.45) is -1.71. The van der Waals surface area contributed by atoms with E-state index >= 15 is 0 Å². The van der Waals surface area contributed by atoms with Gasteiger partial charge in [0.1, 0.15) is 0 Å². The van der Waals surface area contributed by atoms with E-state index in [2.05, 4.69) is 0 Å². The molecule has 2 aromatic rings. The second-order valence-electron chi connectivity index (χ2n) is 5.39. The molecule has 24 heavy (non-hydrogen) atoms. The van der Waals surface area contributed by atoms with Crippen molar-refractivity contribution in [2.75, 3.05) is 4.90 Å². The minimum Gasteiger partial charge on any atom is -0.294 e. The van der Waals surface area contributed by atoms with Crippen LogP contribution >= 0.6 is 0 Å². The van der Waals surface area contributed by atoms with Gasteiger partial charge in [0.05, 0.1) is 10.6 Å². The monoisotopic (exact) mass is 328 g/mol. The van der Waals surface area contributed by atoms with Gasteiger partial charge in [-0.15, -0.1) is 0 Å². The summed E-state index contributed by atoms with van der Waals surface area (Å²) in [5.74, 6) is -0.855. The van der Waals surface area contributed by atoms with E-state index in [0.29, 0.717) is 5.56 Å². The molecule has 7 heteroatoms. The third-order valence-corrected chi connectivity index (χ3v) is 3.90. The third kappa shape index (κ3) is 2.76. The van der Waals surface area contributed by atoms with Gasteiger partial charge in [-0.1, -0.05) is 12.1 Å². The first-order chi connectivity index (χ1) is 11.5. The Balaban J connectivity index is 2.02. The third-order valence-electron chi connectivity index (χ3n) is 3.90. The highest BCUT2D eigenvalue weighted by atomic mass is 19.1. The fraction of sp³-hybridized carbons (Fsp3) is 0.176. The summed E-state index contributed by atoms with van der Waals surface area (Å²) in [7, 11) is 0. The number of nitro benzene ring substituents is 1. The van der Waals surface area contributed by atoms with Crippen molar-refractivity contribution in [2.45, 2.75) is 19.1 Å². The van der Waals surface area contributed by atoms with Gasteiger partial charge >= 0.3 is 0 Å². The first kappa shape index (κ1) is 15.8. The molecule has 1 amide bonds. The Morgan fingerprint density at radius 2 is 1.83 bits per heavy atom. The van der Waals surface area contributed by atoms with Gasteiger partial charge in [-0.3, -0.25) is 24.6 Å². The Morgan fingerprint density at radius 1 is 1.17 bits per heavy atom. The van der Waals surface area contributed by atoms with Crippen LogP contribution in [0.5, 0.6) is 0 Å². The van der Waals surface area contributed by atoms with Crippen molar-refractivity contribution in [3.05, 3.63) is 69.8 Å². The van der Waals surface area contributed by atoms with Gasteiger partial charge in [0.2, 0.25) is 0 Å². The van der Waals surface area contributed by atoms with Crippen molar-refractivity contribution in [3.8, 4) is 0 Å². The molecular formula is C17H13FN2O4. The standard InChI is InChI=1S/C17H13FN2O4/c18-16-10-9-15(21)13-3-1-2-4-14(13)19(16)17(22)11-5-7-12(8-6-11)20(23)24/h1-8,16H,9-10H2. The highest BCUT2D eigenvalue weighted by Gasteiger charge is 2.32. The Bertz CT molecular complexity index is 820. The highest BCUT2D eigenvalue weighted by Crippen LogP contribution is 2.31. The van der Waals surface area contributed by atoms with Crippen LogP contribution in [0.25, 0.3) is 0 Å². The molecule has 3 rings (SSSR count). The quantitative estimate of drug-likeness (QED) is 0.480. The molecule has 1 aliphatic rings. The molecule has 6 nitrogen and oxygen atoms in total. The van der Waals surface area contributed by atoms with Gasteiger partial charge < -0.3 is 0 Å². The van der Waals surface area contributed by atoms with E-state index in [9.17, 15) is 24.1 Å². The van der Waals surface area contributed by atoms with Crippen LogP contribution in [0, 0.1) is 10.1 Å². The number of amides is 1. The number of ketones is 1. The van der Waals surface area contributed by atoms with E-state index < -0.39 is 17.1 Å². The lowest BCUT2D eigenvalue weighted by Crippen LogP contribution is -2.37. The summed E-state index contributed by atoms with van der Waals surface area (Å²) in [4.78, 5) is 35.9. The molecule has 1 unspecified atom stereocenters. The molecule has 1 heterocycles. The van der Waals surface area contributed by atoms with Crippen molar-refractivity contribution in [1.82, 2.24) is 0 Å². The van der Waals surface area contributed by atoms with Crippen molar-refractivity contribution >= 4 is 23.1 Å². The zero-order valence-corrected chi connectivity index (χ0v) is 12.5. The number of non-ortho nitro benzene ring substituents is 1. The fourth-order valence-electron chi connectivity index (χ4n) is 2.69. The van der Waals surface area contributed by atoms with Crippen molar-refractivity contribution in [1.29, 1.82) is 0 Å². The molecule has 0 bridgehead atoms. The number of carbonyl (C=O) groups excluding carboxylic acids is 2. The molecule has 1 aliphatic heterocycles. The zero-order chi connectivity index (χ0) is 17.3. The van der Waals surface area contributed by atoms with Gasteiger partial charge in [-0.2, -0.15) is 0 Å². The predicted molar refractivity (Wildman–Crippen MR) is 84.8 cm³/mol. The number of carbonyl (C=O) groups is 2. The Labute approximate surface area is 136 Å². The van der Waals surface area contributed by atoms with Crippen molar-refractivity contribution < 1.29 is 18.9 Å². The number of anilines is 1. The number of para-hydroxylation sites is 1. The predicted octanol–water partition coefficient (Wildman–Crippen LogP) is 3.51. The van der Waals surface area contributed by atoms with Gasteiger partial charge in [0.25, 0.3) is 11.6 Å². The molecule has 0 saturated heterocycles. The Kier molecular flexibility index (Phi) is 4.07. The summed E-state index contributed by atoms with van der Waals surface area (Å²) in [5, 5.41) is 10.7. The van der Waals surface area contributed by atoms with Crippen molar-refractivity contribution in [2.24, 2.45) is 0 Å². The smallest absolute Gasteiger partial charge is 0.269 e. The second-order valence-corrected chi connectivity index (χ2v) is 5.39. The van der Waals surface area contributed by atoms with E-state index in [4.69, 9.17) is 0 Å². The van der Waals surface area contributed by atoms with Crippen molar-refractivity contribution in [3.63, 3.8) is 0 Å². The summed E-state index contributed by atoms with van der Waals surface area (Å²) in [5.41, 5.74) is 0.478. The minimum absolute atomic E-state index is 0.0161. The molecular weight excluding hydrogens is 315 g/mol. The van der Waals surface area contributed by atoms with Crippen LogP contribution in [0.15, 0.2) is 48.5 Å². The number of fused-ring (bicyclic) bond motifs is 1. The zero-order valence-electron chi connectivity index (χ0n) is 12.5. The number of alkyl halides is 1. The largest absolute Gasteiger partial charge is 0.294 e. The van der Waals surface area contributed by atoms with E-state index in [-0.39, 0.29) is 35.6 Å². The Hall–Kier alpha value is -3.09. The van der Waals surface area contributed by atoms with Gasteiger partial charge in [-0.25, -0.2) is 4.39 Å². The maximum atomic E-state index is 14.5. The average Bonchev–Trinajstić information content (AvgIpc) is 2.72. The van der Waals surface area contributed by atoms with E-state index in [1.807, 2.05) is 0 Å². The van der Waals surface area contributed by atoms with Gasteiger partial charge in [-0.05, 0) is 24.3 Å². The molecule has 0 radical (unpaired) electrons. The lowest BCUT2D eigenvalue weighted by atomic mass is 10.1. The molecule has 2 aromatic carbocycles. The summed E-state index contributed by atoms with van der Waals surface area (Å²) in [6, 6.07) is 11.3. The molecule has 122 valence electrons. The van der Waals surface area contributed by atoms with Crippen LogP contribution < -0.4 is 4.90 Å². The van der Waals surface area contributed by atoms with Crippen LogP contribution in [-0.4, -0.2) is 22.9 Å². The van der Waals surface area contributed by atoms with Crippen LogP contribution in [0.3, 0.4) is 0 Å². The lowest BCUT2D eigenvalue weighted by molar-refractivity contribution is -0.384. The average molecular weight is 328 g/mol. The molecule has 0 fully saturated rings.